The summed E-state index contributed by atoms with van der Waals surface area (Å²) < 4.78 is 14.9. The molecule has 0 unspecified atom stereocenters. The maximum Gasteiger partial charge on any atom is 0.319 e. The van der Waals surface area contributed by atoms with Crippen molar-refractivity contribution in [3.8, 4) is 0 Å². The summed E-state index contributed by atoms with van der Waals surface area (Å²) in [6, 6.07) is 0. The molecule has 122 valence electrons. The molecule has 0 heterocycles. The molecule has 0 aromatic rings. The van der Waals surface area contributed by atoms with Gasteiger partial charge < -0.3 is 25.3 Å². The predicted octanol–water partition coefficient (Wildman–Crippen LogP) is -0.993. The Balaban J connectivity index is 3.26. The Morgan fingerprint density at radius 3 is 2.43 bits per heavy atom. The number of ether oxygens (including phenoxy) is 3. The zero-order valence-corrected chi connectivity index (χ0v) is 12.4. The van der Waals surface area contributed by atoms with Crippen LogP contribution < -0.4 is 11.1 Å². The highest BCUT2D eigenvalue weighted by Gasteiger charge is 2.02. The second-order valence-corrected chi connectivity index (χ2v) is 4.25. The van der Waals surface area contributed by atoms with Gasteiger partial charge in [-0.1, -0.05) is 0 Å². The first-order chi connectivity index (χ1) is 10.1. The van der Waals surface area contributed by atoms with Gasteiger partial charge in [0.2, 0.25) is 5.91 Å². The lowest BCUT2D eigenvalue weighted by Crippen LogP contribution is -2.28. The molecule has 0 bridgehead atoms. The first-order valence-electron chi connectivity index (χ1n) is 6.83. The molecule has 0 aromatic heterocycles. The molecule has 0 aliphatic heterocycles. The van der Waals surface area contributed by atoms with E-state index in [1.807, 2.05) is 0 Å². The zero-order valence-electron chi connectivity index (χ0n) is 12.4. The van der Waals surface area contributed by atoms with E-state index in [1.54, 1.807) is 0 Å². The van der Waals surface area contributed by atoms with Gasteiger partial charge in [0.05, 0.1) is 33.0 Å². The minimum Gasteiger partial charge on any atom is -0.465 e. The van der Waals surface area contributed by atoms with Crippen molar-refractivity contribution in [3.63, 3.8) is 0 Å². The van der Waals surface area contributed by atoms with Gasteiger partial charge in [0, 0.05) is 13.0 Å². The van der Waals surface area contributed by atoms with E-state index in [0.717, 1.165) is 0 Å². The van der Waals surface area contributed by atoms with E-state index in [2.05, 4.69) is 5.32 Å². The van der Waals surface area contributed by atoms with Crippen molar-refractivity contribution in [2.45, 2.75) is 19.8 Å². The van der Waals surface area contributed by atoms with Crippen molar-refractivity contribution < 1.29 is 28.6 Å². The van der Waals surface area contributed by atoms with Crippen LogP contribution in [-0.2, 0) is 28.6 Å². The number of ketones is 1. The van der Waals surface area contributed by atoms with Crippen LogP contribution in [0.25, 0.3) is 0 Å². The summed E-state index contributed by atoms with van der Waals surface area (Å²) in [6.45, 7) is 3.07. The fraction of sp³-hybridized carbons (Fsp3) is 0.769. The Hall–Kier alpha value is -1.51. The smallest absolute Gasteiger partial charge is 0.319 e. The summed E-state index contributed by atoms with van der Waals surface area (Å²) in [5, 5.41) is 2.67. The lowest BCUT2D eigenvalue weighted by atomic mass is 10.3. The monoisotopic (exact) mass is 304 g/mol. The third-order valence-electron chi connectivity index (χ3n) is 2.22. The lowest BCUT2D eigenvalue weighted by molar-refractivity contribution is -0.142. The summed E-state index contributed by atoms with van der Waals surface area (Å²) in [5.74, 6) is -0.634. The molecule has 3 N–H and O–H groups in total. The molecule has 0 saturated heterocycles. The van der Waals surface area contributed by atoms with E-state index in [0.29, 0.717) is 32.8 Å². The Labute approximate surface area is 124 Å². The molecule has 0 rings (SSSR count). The Bertz CT molecular complexity index is 322. The van der Waals surface area contributed by atoms with Gasteiger partial charge in [-0.05, 0) is 13.3 Å². The molecule has 0 saturated carbocycles. The molecule has 8 nitrogen and oxygen atoms in total. The maximum atomic E-state index is 11.4. The molecule has 0 spiro atoms. The van der Waals surface area contributed by atoms with Crippen molar-refractivity contribution >= 4 is 17.7 Å². The average Bonchev–Trinajstić information content (AvgIpc) is 2.45. The maximum absolute atomic E-state index is 11.4. The second kappa shape index (κ2) is 13.5. The van der Waals surface area contributed by atoms with E-state index in [1.165, 1.54) is 6.92 Å². The average molecular weight is 304 g/mol. The van der Waals surface area contributed by atoms with Gasteiger partial charge in [-0.25, -0.2) is 0 Å². The third kappa shape index (κ3) is 14.7. The predicted molar refractivity (Wildman–Crippen MR) is 74.6 cm³/mol. The summed E-state index contributed by atoms with van der Waals surface area (Å²) >= 11 is 0. The SMILES string of the molecule is CC(=O)COCCOCCNC(=O)CCCOC(=O)CN. The largest absolute Gasteiger partial charge is 0.465 e. The third-order valence-corrected chi connectivity index (χ3v) is 2.22. The lowest BCUT2D eigenvalue weighted by Gasteiger charge is -2.07. The van der Waals surface area contributed by atoms with Crippen molar-refractivity contribution in [2.75, 3.05) is 46.1 Å². The van der Waals surface area contributed by atoms with Crippen LogP contribution in [0.3, 0.4) is 0 Å². The standard InChI is InChI=1S/C13H24N2O6/c1-11(16)10-20-8-7-19-6-4-15-12(17)3-2-5-21-13(18)9-14/h2-10,14H2,1H3,(H,15,17). The molecule has 0 aliphatic carbocycles. The highest BCUT2D eigenvalue weighted by molar-refractivity contribution is 5.76. The van der Waals surface area contributed by atoms with E-state index < -0.39 is 5.97 Å². The first-order valence-corrected chi connectivity index (χ1v) is 6.83. The van der Waals surface area contributed by atoms with Crippen LogP contribution in [0.2, 0.25) is 0 Å². The van der Waals surface area contributed by atoms with Crippen LogP contribution in [0.1, 0.15) is 19.8 Å². The summed E-state index contributed by atoms with van der Waals surface area (Å²) in [5.41, 5.74) is 5.06. The van der Waals surface area contributed by atoms with Crippen LogP contribution in [0.15, 0.2) is 0 Å². The van der Waals surface area contributed by atoms with E-state index in [-0.39, 0.29) is 37.9 Å². The summed E-state index contributed by atoms with van der Waals surface area (Å²) in [6.07, 6.45) is 0.733. The number of hydrogen-bond acceptors (Lipinski definition) is 7. The van der Waals surface area contributed by atoms with Gasteiger partial charge in [0.15, 0.2) is 5.78 Å². The molecule has 0 aromatic carbocycles. The minimum absolute atomic E-state index is 0.0283. The van der Waals surface area contributed by atoms with Gasteiger partial charge >= 0.3 is 5.97 Å². The van der Waals surface area contributed by atoms with Gasteiger partial charge in [-0.15, -0.1) is 0 Å². The van der Waals surface area contributed by atoms with Gasteiger partial charge in [0.25, 0.3) is 0 Å². The highest BCUT2D eigenvalue weighted by Crippen LogP contribution is 1.90. The van der Waals surface area contributed by atoms with Crippen molar-refractivity contribution in [1.29, 1.82) is 0 Å². The highest BCUT2D eigenvalue weighted by atomic mass is 16.5. The summed E-state index contributed by atoms with van der Waals surface area (Å²) in [4.78, 5) is 32.7. The zero-order chi connectivity index (χ0) is 15.9. The van der Waals surface area contributed by atoms with Crippen molar-refractivity contribution in [2.24, 2.45) is 5.73 Å². The molecule has 0 aliphatic rings. The number of carbonyl (C=O) groups is 3. The van der Waals surface area contributed by atoms with E-state index in [9.17, 15) is 14.4 Å². The molecular formula is C13H24N2O6. The van der Waals surface area contributed by atoms with Crippen LogP contribution in [0, 0.1) is 0 Å². The van der Waals surface area contributed by atoms with Crippen molar-refractivity contribution in [3.05, 3.63) is 0 Å². The fourth-order valence-electron chi connectivity index (χ4n) is 1.26. The fourth-order valence-corrected chi connectivity index (χ4v) is 1.26. The van der Waals surface area contributed by atoms with Crippen LogP contribution in [-0.4, -0.2) is 63.8 Å². The van der Waals surface area contributed by atoms with Crippen LogP contribution in [0.5, 0.6) is 0 Å². The van der Waals surface area contributed by atoms with E-state index in [4.69, 9.17) is 19.9 Å². The molecule has 0 radical (unpaired) electrons. The van der Waals surface area contributed by atoms with Crippen LogP contribution >= 0.6 is 0 Å². The Morgan fingerprint density at radius 1 is 1.05 bits per heavy atom. The minimum atomic E-state index is -0.476. The van der Waals surface area contributed by atoms with E-state index >= 15 is 0 Å². The number of esters is 1. The number of rotatable bonds is 13. The number of hydrogen-bond donors (Lipinski definition) is 2. The number of amides is 1. The van der Waals surface area contributed by atoms with Gasteiger partial charge in [0.1, 0.15) is 6.61 Å². The number of nitrogens with one attached hydrogen (secondary N) is 1. The molecule has 1 amide bonds. The van der Waals surface area contributed by atoms with Crippen molar-refractivity contribution in [1.82, 2.24) is 5.32 Å². The second-order valence-electron chi connectivity index (χ2n) is 4.25. The van der Waals surface area contributed by atoms with Gasteiger partial charge in [-0.2, -0.15) is 0 Å². The molecule has 8 heteroatoms. The number of nitrogens with two attached hydrogens (primary N) is 1. The van der Waals surface area contributed by atoms with Gasteiger partial charge in [-0.3, -0.25) is 14.4 Å². The topological polar surface area (TPSA) is 117 Å². The molecule has 21 heavy (non-hydrogen) atoms. The normalized spacial score (nSPS) is 10.2. The molecule has 0 fully saturated rings. The Morgan fingerprint density at radius 2 is 1.76 bits per heavy atom. The Kier molecular flexibility index (Phi) is 12.5. The van der Waals surface area contributed by atoms with Crippen LogP contribution in [0.4, 0.5) is 0 Å². The summed E-state index contributed by atoms with van der Waals surface area (Å²) in [7, 11) is 0. The molecule has 0 atom stereocenters. The number of carbonyl (C=O) groups excluding carboxylic acids is 3. The molecular weight excluding hydrogens is 280 g/mol. The number of Topliss-reactive ketones (excluding diaryl/α,β-unsaturated/α-hetero) is 1. The first kappa shape index (κ1) is 19.5. The quantitative estimate of drug-likeness (QED) is 0.331.